The Kier molecular flexibility index (Phi) is 6.61. The number of rotatable bonds is 6. The molecule has 2 atom stereocenters. The summed E-state index contributed by atoms with van der Waals surface area (Å²) < 4.78 is 5.76. The summed E-state index contributed by atoms with van der Waals surface area (Å²) in [5, 5.41) is 3.06. The first-order valence-electron chi connectivity index (χ1n) is 11.5. The normalized spacial score (nSPS) is 19.7. The molecule has 1 aliphatic heterocycles. The largest absolute Gasteiger partial charge is 0.484 e. The number of amides is 1. The molecular formula is C26H34N2O2. The molecule has 1 saturated heterocycles. The zero-order valence-corrected chi connectivity index (χ0v) is 18.3. The van der Waals surface area contributed by atoms with Gasteiger partial charge in [0.1, 0.15) is 5.75 Å². The highest BCUT2D eigenvalue weighted by Crippen LogP contribution is 2.26. The second kappa shape index (κ2) is 9.55. The maximum atomic E-state index is 12.4. The zero-order chi connectivity index (χ0) is 20.9. The molecule has 4 heteroatoms. The smallest absolute Gasteiger partial charge is 0.258 e. The molecule has 2 aromatic carbocycles. The van der Waals surface area contributed by atoms with Gasteiger partial charge in [0.2, 0.25) is 0 Å². The topological polar surface area (TPSA) is 41.6 Å². The first-order chi connectivity index (χ1) is 14.6. The van der Waals surface area contributed by atoms with Crippen molar-refractivity contribution in [2.24, 2.45) is 5.92 Å². The second-order valence-corrected chi connectivity index (χ2v) is 9.00. The molecule has 30 heavy (non-hydrogen) atoms. The van der Waals surface area contributed by atoms with Gasteiger partial charge in [-0.15, -0.1) is 0 Å². The third-order valence-electron chi connectivity index (χ3n) is 6.48. The van der Waals surface area contributed by atoms with Crippen molar-refractivity contribution in [3.8, 4) is 5.75 Å². The van der Waals surface area contributed by atoms with Gasteiger partial charge >= 0.3 is 0 Å². The molecule has 1 fully saturated rings. The maximum Gasteiger partial charge on any atom is 0.258 e. The molecule has 4 rings (SSSR count). The lowest BCUT2D eigenvalue weighted by Gasteiger charge is -2.33. The SMILES string of the molecule is CC1CCCN(c2ccc(C(C)NC(=O)COc3ccc4c(c3)CCCC4)cc2)C1. The van der Waals surface area contributed by atoms with Crippen molar-refractivity contribution < 1.29 is 9.53 Å². The number of carbonyl (C=O) groups is 1. The Bertz CT molecular complexity index is 862. The number of carbonyl (C=O) groups excluding carboxylic acids is 1. The number of fused-ring (bicyclic) bond motifs is 1. The van der Waals surface area contributed by atoms with Crippen LogP contribution in [0.3, 0.4) is 0 Å². The van der Waals surface area contributed by atoms with E-state index in [1.807, 2.05) is 13.0 Å². The highest BCUT2D eigenvalue weighted by Gasteiger charge is 2.17. The van der Waals surface area contributed by atoms with Crippen molar-refractivity contribution in [3.63, 3.8) is 0 Å². The summed E-state index contributed by atoms with van der Waals surface area (Å²) in [6.45, 7) is 6.66. The predicted octanol–water partition coefficient (Wildman–Crippen LogP) is 5.06. The van der Waals surface area contributed by atoms with Gasteiger partial charge in [0.05, 0.1) is 6.04 Å². The number of ether oxygens (including phenoxy) is 1. The molecule has 0 saturated carbocycles. The fourth-order valence-electron chi connectivity index (χ4n) is 4.71. The number of anilines is 1. The first kappa shape index (κ1) is 20.8. The van der Waals surface area contributed by atoms with Crippen LogP contribution in [-0.4, -0.2) is 25.6 Å². The van der Waals surface area contributed by atoms with Crippen molar-refractivity contribution in [3.05, 3.63) is 59.2 Å². The van der Waals surface area contributed by atoms with Crippen LogP contribution < -0.4 is 15.0 Å². The van der Waals surface area contributed by atoms with Crippen molar-refractivity contribution in [2.75, 3.05) is 24.6 Å². The summed E-state index contributed by atoms with van der Waals surface area (Å²) >= 11 is 0. The van der Waals surface area contributed by atoms with Gasteiger partial charge in [-0.05, 0) is 92.3 Å². The van der Waals surface area contributed by atoms with Crippen molar-refractivity contribution >= 4 is 11.6 Å². The molecule has 160 valence electrons. The summed E-state index contributed by atoms with van der Waals surface area (Å²) in [5.41, 5.74) is 5.19. The summed E-state index contributed by atoms with van der Waals surface area (Å²) in [6, 6.07) is 14.8. The third kappa shape index (κ3) is 5.16. The lowest BCUT2D eigenvalue weighted by molar-refractivity contribution is -0.123. The van der Waals surface area contributed by atoms with Crippen molar-refractivity contribution in [1.29, 1.82) is 0 Å². The van der Waals surface area contributed by atoms with E-state index in [4.69, 9.17) is 4.74 Å². The van der Waals surface area contributed by atoms with Crippen molar-refractivity contribution in [2.45, 2.75) is 58.4 Å². The van der Waals surface area contributed by atoms with Crippen LogP contribution in [0.15, 0.2) is 42.5 Å². The lowest BCUT2D eigenvalue weighted by Crippen LogP contribution is -2.34. The molecule has 2 unspecified atom stereocenters. The number of nitrogens with one attached hydrogen (secondary N) is 1. The summed E-state index contributed by atoms with van der Waals surface area (Å²) in [5.74, 6) is 1.46. The minimum absolute atomic E-state index is 0.0426. The summed E-state index contributed by atoms with van der Waals surface area (Å²) in [4.78, 5) is 14.9. The van der Waals surface area contributed by atoms with Crippen LogP contribution in [0.1, 0.15) is 62.3 Å². The molecule has 0 radical (unpaired) electrons. The average molecular weight is 407 g/mol. The molecule has 0 bridgehead atoms. The molecule has 2 aliphatic rings. The lowest BCUT2D eigenvalue weighted by atomic mass is 9.92. The van der Waals surface area contributed by atoms with E-state index in [1.54, 1.807) is 0 Å². The van der Waals surface area contributed by atoms with Gasteiger partial charge in [-0.2, -0.15) is 0 Å². The highest BCUT2D eigenvalue weighted by molar-refractivity contribution is 5.78. The van der Waals surface area contributed by atoms with E-state index in [9.17, 15) is 4.79 Å². The summed E-state index contributed by atoms with van der Waals surface area (Å²) in [6.07, 6.45) is 7.37. The molecule has 4 nitrogen and oxygen atoms in total. The van der Waals surface area contributed by atoms with Crippen LogP contribution in [0.5, 0.6) is 5.75 Å². The minimum Gasteiger partial charge on any atom is -0.484 e. The Morgan fingerprint density at radius 1 is 1.10 bits per heavy atom. The van der Waals surface area contributed by atoms with Gasteiger partial charge in [-0.25, -0.2) is 0 Å². The number of aryl methyl sites for hydroxylation is 2. The van der Waals surface area contributed by atoms with Crippen LogP contribution >= 0.6 is 0 Å². The molecule has 2 aromatic rings. The van der Waals surface area contributed by atoms with Gasteiger partial charge in [0.25, 0.3) is 5.91 Å². The number of hydrogen-bond donors (Lipinski definition) is 1. The van der Waals surface area contributed by atoms with Crippen molar-refractivity contribution in [1.82, 2.24) is 5.32 Å². The fourth-order valence-corrected chi connectivity index (χ4v) is 4.71. The van der Waals surface area contributed by atoms with Gasteiger partial charge in [-0.3, -0.25) is 4.79 Å². The van der Waals surface area contributed by atoms with E-state index in [2.05, 4.69) is 53.5 Å². The second-order valence-electron chi connectivity index (χ2n) is 9.00. The third-order valence-corrected chi connectivity index (χ3v) is 6.48. The van der Waals surface area contributed by atoms with Crippen LogP contribution in [0.2, 0.25) is 0 Å². The monoisotopic (exact) mass is 406 g/mol. The van der Waals surface area contributed by atoms with Crippen LogP contribution in [0.4, 0.5) is 5.69 Å². The van der Waals surface area contributed by atoms with Gasteiger partial charge < -0.3 is 15.0 Å². The quantitative estimate of drug-likeness (QED) is 0.729. The number of piperidine rings is 1. The maximum absolute atomic E-state index is 12.4. The standard InChI is InChI=1S/C26H34N2O2/c1-19-6-5-15-28(17-19)24-12-9-21(10-13-24)20(2)27-26(29)18-30-25-14-11-22-7-3-4-8-23(22)16-25/h9-14,16,19-20H,3-8,15,17-18H2,1-2H3,(H,27,29). The molecule has 1 amide bonds. The van der Waals surface area contributed by atoms with Gasteiger partial charge in [-0.1, -0.05) is 25.1 Å². The van der Waals surface area contributed by atoms with Crippen LogP contribution in [0.25, 0.3) is 0 Å². The van der Waals surface area contributed by atoms with Gasteiger partial charge in [0, 0.05) is 18.8 Å². The number of nitrogens with zero attached hydrogens (tertiary/aromatic N) is 1. The average Bonchev–Trinajstić information content (AvgIpc) is 2.77. The van der Waals surface area contributed by atoms with Crippen LogP contribution in [0, 0.1) is 5.92 Å². The summed E-state index contributed by atoms with van der Waals surface area (Å²) in [7, 11) is 0. The molecule has 1 aliphatic carbocycles. The minimum atomic E-state index is -0.0887. The predicted molar refractivity (Wildman–Crippen MR) is 122 cm³/mol. The number of hydrogen-bond acceptors (Lipinski definition) is 3. The van der Waals surface area contributed by atoms with Gasteiger partial charge in [0.15, 0.2) is 6.61 Å². The van der Waals surface area contributed by atoms with E-state index in [0.717, 1.165) is 43.2 Å². The molecule has 0 aromatic heterocycles. The molecule has 1 N–H and O–H groups in total. The Morgan fingerprint density at radius 3 is 2.63 bits per heavy atom. The van der Waals surface area contributed by atoms with E-state index >= 15 is 0 Å². The Hall–Kier alpha value is -2.49. The molecule has 0 spiro atoms. The molecular weight excluding hydrogens is 372 g/mol. The van der Waals surface area contributed by atoms with E-state index in [1.165, 1.54) is 42.5 Å². The Labute approximate surface area is 180 Å². The Balaban J connectivity index is 1.28. The molecule has 1 heterocycles. The van der Waals surface area contributed by atoms with E-state index in [-0.39, 0.29) is 18.6 Å². The first-order valence-corrected chi connectivity index (χ1v) is 11.5. The Morgan fingerprint density at radius 2 is 1.87 bits per heavy atom. The van der Waals surface area contributed by atoms with E-state index < -0.39 is 0 Å². The zero-order valence-electron chi connectivity index (χ0n) is 18.3. The fraction of sp³-hybridized carbons (Fsp3) is 0.500. The van der Waals surface area contributed by atoms with Crippen LogP contribution in [-0.2, 0) is 17.6 Å². The highest BCUT2D eigenvalue weighted by atomic mass is 16.5. The van der Waals surface area contributed by atoms with E-state index in [0.29, 0.717) is 0 Å². The number of benzene rings is 2.